The summed E-state index contributed by atoms with van der Waals surface area (Å²) >= 11 is 11.0. The van der Waals surface area contributed by atoms with Gasteiger partial charge in [-0.2, -0.15) is 0 Å². The van der Waals surface area contributed by atoms with Gasteiger partial charge in [-0.05, 0) is 6.07 Å². The molecule has 2 nitrogen and oxygen atoms in total. The van der Waals surface area contributed by atoms with Gasteiger partial charge in [0.1, 0.15) is 0 Å². The van der Waals surface area contributed by atoms with E-state index in [1.165, 1.54) is 0 Å². The molecule has 0 atom stereocenters. The highest BCUT2D eigenvalue weighted by Crippen LogP contribution is 2.10. The number of ketones is 2. The normalized spacial score (nSPS) is 10.1. The summed E-state index contributed by atoms with van der Waals surface area (Å²) in [6.07, 6.45) is 0.573. The molecule has 0 aliphatic carbocycles. The zero-order valence-electron chi connectivity index (χ0n) is 8.71. The summed E-state index contributed by atoms with van der Waals surface area (Å²) in [5.74, 6) is 0.489. The first-order valence-corrected chi connectivity index (χ1v) is 6.04. The summed E-state index contributed by atoms with van der Waals surface area (Å²) in [6, 6.07) is 6.67. The molecule has 0 fully saturated rings. The van der Waals surface area contributed by atoms with Gasteiger partial charge in [0.2, 0.25) is 0 Å². The molecule has 0 heterocycles. The molecular weight excluding hydrogens is 247 g/mol. The fourth-order valence-corrected chi connectivity index (χ4v) is 1.67. The molecule has 0 saturated carbocycles. The van der Waals surface area contributed by atoms with Crippen molar-refractivity contribution in [3.63, 3.8) is 0 Å². The largest absolute Gasteiger partial charge is 0.294 e. The second kappa shape index (κ2) is 6.66. The molecule has 1 aromatic carbocycles. The van der Waals surface area contributed by atoms with E-state index in [0.29, 0.717) is 22.9 Å². The Morgan fingerprint density at radius 1 is 0.938 bits per heavy atom. The van der Waals surface area contributed by atoms with Crippen molar-refractivity contribution < 1.29 is 9.59 Å². The van der Waals surface area contributed by atoms with Crippen LogP contribution < -0.4 is 0 Å². The summed E-state index contributed by atoms with van der Waals surface area (Å²) in [7, 11) is 0. The lowest BCUT2D eigenvalue weighted by molar-refractivity contribution is 0.0988. The molecule has 0 bridgehead atoms. The maximum absolute atomic E-state index is 11.6. The second-order valence-corrected chi connectivity index (χ2v) is 4.06. The first-order chi connectivity index (χ1) is 7.69. The summed E-state index contributed by atoms with van der Waals surface area (Å²) in [5, 5.41) is 0. The SMILES string of the molecule is O=C(CCCl)c1cccc(C(=O)CCCl)c1. The Balaban J connectivity index is 2.86. The number of Topliss-reactive ketones (excluding diaryl/α,β-unsaturated/α-hetero) is 2. The summed E-state index contributed by atoms with van der Waals surface area (Å²) < 4.78 is 0. The average Bonchev–Trinajstić information content (AvgIpc) is 2.30. The Hall–Kier alpha value is -0.860. The van der Waals surface area contributed by atoms with Crippen molar-refractivity contribution in [1.82, 2.24) is 0 Å². The van der Waals surface area contributed by atoms with Gasteiger partial charge in [0.05, 0.1) is 0 Å². The van der Waals surface area contributed by atoms with E-state index in [0.717, 1.165) is 0 Å². The third kappa shape index (κ3) is 3.62. The fourth-order valence-electron chi connectivity index (χ4n) is 1.33. The molecule has 0 aliphatic rings. The molecule has 0 aliphatic heterocycles. The lowest BCUT2D eigenvalue weighted by atomic mass is 10.0. The number of alkyl halides is 2. The Kier molecular flexibility index (Phi) is 5.50. The van der Waals surface area contributed by atoms with Crippen LogP contribution in [0.25, 0.3) is 0 Å². The fraction of sp³-hybridized carbons (Fsp3) is 0.333. The van der Waals surface area contributed by atoms with Gasteiger partial charge in [0, 0.05) is 35.7 Å². The van der Waals surface area contributed by atoms with Gasteiger partial charge in [-0.25, -0.2) is 0 Å². The van der Waals surface area contributed by atoms with Gasteiger partial charge in [-0.15, -0.1) is 23.2 Å². The van der Waals surface area contributed by atoms with E-state index in [-0.39, 0.29) is 24.4 Å². The third-order valence-corrected chi connectivity index (χ3v) is 2.53. The molecule has 16 heavy (non-hydrogen) atoms. The molecule has 0 radical (unpaired) electrons. The average molecular weight is 259 g/mol. The van der Waals surface area contributed by atoms with Crippen LogP contribution in [-0.2, 0) is 0 Å². The van der Waals surface area contributed by atoms with Crippen LogP contribution in [0.4, 0.5) is 0 Å². The monoisotopic (exact) mass is 258 g/mol. The first-order valence-electron chi connectivity index (χ1n) is 4.97. The van der Waals surface area contributed by atoms with Crippen LogP contribution in [0.5, 0.6) is 0 Å². The summed E-state index contributed by atoms with van der Waals surface area (Å²) in [4.78, 5) is 23.1. The van der Waals surface area contributed by atoms with Gasteiger partial charge in [-0.3, -0.25) is 9.59 Å². The van der Waals surface area contributed by atoms with Crippen LogP contribution in [0.2, 0.25) is 0 Å². The number of hydrogen-bond donors (Lipinski definition) is 0. The molecule has 1 rings (SSSR count). The molecule has 0 amide bonds. The zero-order chi connectivity index (χ0) is 12.0. The van der Waals surface area contributed by atoms with Crippen molar-refractivity contribution >= 4 is 34.8 Å². The molecule has 0 N–H and O–H groups in total. The van der Waals surface area contributed by atoms with Gasteiger partial charge >= 0.3 is 0 Å². The quantitative estimate of drug-likeness (QED) is 0.580. The van der Waals surface area contributed by atoms with E-state index in [1.807, 2.05) is 0 Å². The van der Waals surface area contributed by atoms with Crippen molar-refractivity contribution in [2.24, 2.45) is 0 Å². The predicted molar refractivity (Wildman–Crippen MR) is 65.8 cm³/mol. The highest BCUT2D eigenvalue weighted by Gasteiger charge is 2.09. The van der Waals surface area contributed by atoms with Gasteiger partial charge in [-0.1, -0.05) is 18.2 Å². The van der Waals surface area contributed by atoms with Crippen LogP contribution in [0.15, 0.2) is 24.3 Å². The molecule has 0 spiro atoms. The lowest BCUT2D eigenvalue weighted by Crippen LogP contribution is -2.04. The van der Waals surface area contributed by atoms with E-state index < -0.39 is 0 Å². The Morgan fingerprint density at radius 2 is 1.38 bits per heavy atom. The molecule has 0 unspecified atom stereocenters. The van der Waals surface area contributed by atoms with E-state index in [4.69, 9.17) is 23.2 Å². The van der Waals surface area contributed by atoms with Crippen LogP contribution in [0.1, 0.15) is 33.6 Å². The highest BCUT2D eigenvalue weighted by atomic mass is 35.5. The van der Waals surface area contributed by atoms with Gasteiger partial charge < -0.3 is 0 Å². The Bertz CT molecular complexity index is 355. The predicted octanol–water partition coefficient (Wildman–Crippen LogP) is 3.31. The first kappa shape index (κ1) is 13.2. The van der Waals surface area contributed by atoms with E-state index >= 15 is 0 Å². The van der Waals surface area contributed by atoms with Crippen molar-refractivity contribution in [2.45, 2.75) is 12.8 Å². The van der Waals surface area contributed by atoms with Crippen molar-refractivity contribution in [3.05, 3.63) is 35.4 Å². The molecule has 4 heteroatoms. The minimum absolute atomic E-state index is 0.0458. The highest BCUT2D eigenvalue weighted by molar-refractivity contribution is 6.20. The molecular formula is C12H12Cl2O2. The van der Waals surface area contributed by atoms with Crippen molar-refractivity contribution in [3.8, 4) is 0 Å². The smallest absolute Gasteiger partial charge is 0.164 e. The van der Waals surface area contributed by atoms with Crippen LogP contribution >= 0.6 is 23.2 Å². The van der Waals surface area contributed by atoms with Crippen molar-refractivity contribution in [2.75, 3.05) is 11.8 Å². The zero-order valence-corrected chi connectivity index (χ0v) is 10.2. The molecule has 0 aromatic heterocycles. The van der Waals surface area contributed by atoms with Crippen LogP contribution in [0, 0.1) is 0 Å². The minimum atomic E-state index is -0.0458. The number of hydrogen-bond acceptors (Lipinski definition) is 2. The Morgan fingerprint density at radius 3 is 1.75 bits per heavy atom. The van der Waals surface area contributed by atoms with Gasteiger partial charge in [0.15, 0.2) is 11.6 Å². The number of carbonyl (C=O) groups excluding carboxylic acids is 2. The topological polar surface area (TPSA) is 34.1 Å². The minimum Gasteiger partial charge on any atom is -0.294 e. The lowest BCUT2D eigenvalue weighted by Gasteiger charge is -2.02. The number of carbonyl (C=O) groups is 2. The van der Waals surface area contributed by atoms with Crippen LogP contribution in [0.3, 0.4) is 0 Å². The number of halogens is 2. The molecule has 0 saturated heterocycles. The molecule has 86 valence electrons. The van der Waals surface area contributed by atoms with E-state index in [2.05, 4.69) is 0 Å². The second-order valence-electron chi connectivity index (χ2n) is 3.31. The molecule has 1 aromatic rings. The number of rotatable bonds is 6. The maximum Gasteiger partial charge on any atom is 0.164 e. The van der Waals surface area contributed by atoms with E-state index in [9.17, 15) is 9.59 Å². The van der Waals surface area contributed by atoms with E-state index in [1.54, 1.807) is 24.3 Å². The standard InChI is InChI=1S/C12H12Cl2O2/c13-6-4-11(15)9-2-1-3-10(8-9)12(16)5-7-14/h1-3,8H,4-7H2. The summed E-state index contributed by atoms with van der Waals surface area (Å²) in [5.41, 5.74) is 1.06. The van der Waals surface area contributed by atoms with Crippen LogP contribution in [-0.4, -0.2) is 23.3 Å². The maximum atomic E-state index is 11.6. The van der Waals surface area contributed by atoms with Crippen molar-refractivity contribution in [1.29, 1.82) is 0 Å². The van der Waals surface area contributed by atoms with Gasteiger partial charge in [0.25, 0.3) is 0 Å². The summed E-state index contributed by atoms with van der Waals surface area (Å²) in [6.45, 7) is 0. The Labute approximate surface area is 105 Å². The third-order valence-electron chi connectivity index (χ3n) is 2.15. The number of benzene rings is 1.